The third-order valence-electron chi connectivity index (χ3n) is 1.62. The maximum atomic E-state index is 8.95. The molecule has 0 fully saturated rings. The Labute approximate surface area is 72.8 Å². The van der Waals surface area contributed by atoms with Crippen LogP contribution in [0.15, 0.2) is 24.3 Å². The lowest BCUT2D eigenvalue weighted by Crippen LogP contribution is -2.05. The molecule has 0 aliphatic heterocycles. The van der Waals surface area contributed by atoms with E-state index in [4.69, 9.17) is 16.8 Å². The molecule has 12 heavy (non-hydrogen) atoms. The van der Waals surface area contributed by atoms with Crippen molar-refractivity contribution in [2.45, 2.75) is 12.5 Å². The van der Waals surface area contributed by atoms with E-state index >= 15 is 0 Å². The standard InChI is InChI=1S/C10H12O2/c1-8(11)7-9-5-3-4-6-10(9)12-2/h1,3-6,8,11H,7H2,2H3. The molecule has 1 unspecified atom stereocenters. The zero-order chi connectivity index (χ0) is 8.97. The van der Waals surface area contributed by atoms with Gasteiger partial charge in [0.25, 0.3) is 0 Å². The van der Waals surface area contributed by atoms with E-state index in [1.54, 1.807) is 7.11 Å². The van der Waals surface area contributed by atoms with E-state index < -0.39 is 6.10 Å². The van der Waals surface area contributed by atoms with Gasteiger partial charge < -0.3 is 9.84 Å². The van der Waals surface area contributed by atoms with Crippen molar-refractivity contribution in [2.24, 2.45) is 0 Å². The van der Waals surface area contributed by atoms with Crippen molar-refractivity contribution in [3.63, 3.8) is 0 Å². The van der Waals surface area contributed by atoms with Crippen molar-refractivity contribution in [1.29, 1.82) is 0 Å². The summed E-state index contributed by atoms with van der Waals surface area (Å²) in [6.07, 6.45) is -0.398. The molecule has 0 aliphatic carbocycles. The Morgan fingerprint density at radius 3 is 2.75 bits per heavy atom. The lowest BCUT2D eigenvalue weighted by atomic mass is 10.1. The molecule has 0 saturated carbocycles. The number of benzene rings is 1. The number of para-hydroxylation sites is 1. The molecule has 0 heterocycles. The van der Waals surface area contributed by atoms with Crippen LogP contribution in [0.1, 0.15) is 5.56 Å². The van der Waals surface area contributed by atoms with Crippen LogP contribution < -0.4 is 4.74 Å². The third-order valence-corrected chi connectivity index (χ3v) is 1.62. The maximum Gasteiger partial charge on any atom is 0.122 e. The molecule has 0 aromatic heterocycles. The Morgan fingerprint density at radius 1 is 1.50 bits per heavy atom. The smallest absolute Gasteiger partial charge is 0.122 e. The highest BCUT2D eigenvalue weighted by Crippen LogP contribution is 2.18. The molecule has 0 aliphatic rings. The average molecular weight is 164 g/mol. The summed E-state index contributed by atoms with van der Waals surface area (Å²) < 4.78 is 5.08. The van der Waals surface area contributed by atoms with Crippen LogP contribution in [-0.4, -0.2) is 18.3 Å². The topological polar surface area (TPSA) is 29.5 Å². The third kappa shape index (κ3) is 2.24. The van der Waals surface area contributed by atoms with Gasteiger partial charge in [-0.3, -0.25) is 0 Å². The highest BCUT2D eigenvalue weighted by Gasteiger charge is 2.04. The number of aliphatic hydroxyl groups excluding tert-OH is 1. The highest BCUT2D eigenvalue weighted by molar-refractivity contribution is 5.33. The Morgan fingerprint density at radius 2 is 2.17 bits per heavy atom. The summed E-state index contributed by atoms with van der Waals surface area (Å²) in [7, 11) is 1.60. The van der Waals surface area contributed by atoms with E-state index in [0.717, 1.165) is 11.3 Å². The number of rotatable bonds is 3. The summed E-state index contributed by atoms with van der Waals surface area (Å²) in [4.78, 5) is 0. The van der Waals surface area contributed by atoms with Gasteiger partial charge in [0.1, 0.15) is 5.75 Å². The minimum Gasteiger partial charge on any atom is -0.496 e. The summed E-state index contributed by atoms with van der Waals surface area (Å²) in [5, 5.41) is 8.95. The van der Waals surface area contributed by atoms with E-state index in [9.17, 15) is 0 Å². The molecule has 2 heteroatoms. The zero-order valence-electron chi connectivity index (χ0n) is 7.03. The molecule has 64 valence electrons. The largest absolute Gasteiger partial charge is 0.496 e. The SMILES string of the molecule is [CH]C(O)Cc1ccccc1OC. The Bertz CT molecular complexity index is 243. The second kappa shape index (κ2) is 4.12. The predicted octanol–water partition coefficient (Wildman–Crippen LogP) is 1.31. The van der Waals surface area contributed by atoms with Crippen LogP contribution in [0.4, 0.5) is 0 Å². The van der Waals surface area contributed by atoms with Gasteiger partial charge in [-0.25, -0.2) is 0 Å². The Balaban J connectivity index is 2.82. The monoisotopic (exact) mass is 164 g/mol. The van der Waals surface area contributed by atoms with E-state index in [0.29, 0.717) is 6.42 Å². The van der Waals surface area contributed by atoms with Gasteiger partial charge in [-0.2, -0.15) is 0 Å². The molecule has 2 radical (unpaired) electrons. The molecule has 1 aromatic carbocycles. The van der Waals surface area contributed by atoms with Crippen LogP contribution >= 0.6 is 0 Å². The fraction of sp³-hybridized carbons (Fsp3) is 0.300. The van der Waals surface area contributed by atoms with E-state index in [1.807, 2.05) is 24.3 Å². The average Bonchev–Trinajstić information content (AvgIpc) is 2.04. The number of ether oxygens (including phenoxy) is 1. The van der Waals surface area contributed by atoms with Crippen molar-refractivity contribution >= 4 is 0 Å². The quantitative estimate of drug-likeness (QED) is 0.729. The van der Waals surface area contributed by atoms with Crippen LogP contribution in [0, 0.1) is 6.92 Å². The van der Waals surface area contributed by atoms with Crippen LogP contribution in [0.25, 0.3) is 0 Å². The van der Waals surface area contributed by atoms with Crippen LogP contribution in [0.5, 0.6) is 5.75 Å². The molecular formula is C10H12O2. The molecule has 1 rings (SSSR count). The highest BCUT2D eigenvalue weighted by atomic mass is 16.5. The van der Waals surface area contributed by atoms with Gasteiger partial charge in [0.15, 0.2) is 0 Å². The molecular weight excluding hydrogens is 152 g/mol. The minimum atomic E-state index is -0.818. The first-order valence-corrected chi connectivity index (χ1v) is 3.79. The minimum absolute atomic E-state index is 0.421. The lowest BCUT2D eigenvalue weighted by Gasteiger charge is -2.08. The molecule has 0 spiro atoms. The second-order valence-electron chi connectivity index (χ2n) is 2.58. The first-order chi connectivity index (χ1) is 5.74. The van der Waals surface area contributed by atoms with Crippen molar-refractivity contribution < 1.29 is 9.84 Å². The van der Waals surface area contributed by atoms with Gasteiger partial charge >= 0.3 is 0 Å². The normalized spacial score (nSPS) is 12.6. The van der Waals surface area contributed by atoms with Gasteiger partial charge in [0.05, 0.1) is 13.2 Å². The Hall–Kier alpha value is -1.02. The number of methoxy groups -OCH3 is 1. The predicted molar refractivity (Wildman–Crippen MR) is 47.0 cm³/mol. The van der Waals surface area contributed by atoms with Crippen LogP contribution in [0.2, 0.25) is 0 Å². The van der Waals surface area contributed by atoms with E-state index in [-0.39, 0.29) is 0 Å². The summed E-state index contributed by atoms with van der Waals surface area (Å²) in [5.74, 6) is 0.766. The molecule has 1 aromatic rings. The lowest BCUT2D eigenvalue weighted by molar-refractivity contribution is 0.220. The van der Waals surface area contributed by atoms with Gasteiger partial charge in [-0.15, -0.1) is 0 Å². The molecule has 2 nitrogen and oxygen atoms in total. The van der Waals surface area contributed by atoms with Gasteiger partial charge in [0, 0.05) is 6.42 Å². The number of hydrogen-bond donors (Lipinski definition) is 1. The number of hydrogen-bond acceptors (Lipinski definition) is 2. The molecule has 0 amide bonds. The summed E-state index contributed by atoms with van der Waals surface area (Å²) in [5.41, 5.74) is 0.926. The fourth-order valence-corrected chi connectivity index (χ4v) is 1.10. The fourth-order valence-electron chi connectivity index (χ4n) is 1.10. The van der Waals surface area contributed by atoms with Gasteiger partial charge in [-0.1, -0.05) is 18.2 Å². The molecule has 1 atom stereocenters. The van der Waals surface area contributed by atoms with Crippen molar-refractivity contribution in [1.82, 2.24) is 0 Å². The Kier molecular flexibility index (Phi) is 3.11. The van der Waals surface area contributed by atoms with Crippen LogP contribution in [0.3, 0.4) is 0 Å². The number of aliphatic hydroxyl groups is 1. The van der Waals surface area contributed by atoms with Gasteiger partial charge in [-0.05, 0) is 18.6 Å². The van der Waals surface area contributed by atoms with E-state index in [2.05, 4.69) is 0 Å². The second-order valence-corrected chi connectivity index (χ2v) is 2.58. The first-order valence-electron chi connectivity index (χ1n) is 3.79. The maximum absolute atomic E-state index is 8.95. The molecule has 0 bridgehead atoms. The first kappa shape index (κ1) is 9.07. The summed E-state index contributed by atoms with van der Waals surface area (Å²) in [6.45, 7) is 5.25. The van der Waals surface area contributed by atoms with Crippen molar-refractivity contribution in [3.8, 4) is 5.75 Å². The summed E-state index contributed by atoms with van der Waals surface area (Å²) in [6, 6.07) is 7.50. The summed E-state index contributed by atoms with van der Waals surface area (Å²) >= 11 is 0. The zero-order valence-corrected chi connectivity index (χ0v) is 7.03. The molecule has 0 saturated heterocycles. The van der Waals surface area contributed by atoms with E-state index in [1.165, 1.54) is 0 Å². The van der Waals surface area contributed by atoms with Gasteiger partial charge in [0.2, 0.25) is 0 Å². The van der Waals surface area contributed by atoms with Crippen molar-refractivity contribution in [3.05, 3.63) is 36.8 Å². The van der Waals surface area contributed by atoms with Crippen LogP contribution in [-0.2, 0) is 6.42 Å². The van der Waals surface area contributed by atoms with Crippen molar-refractivity contribution in [2.75, 3.05) is 7.11 Å². The molecule has 1 N–H and O–H groups in total.